The highest BCUT2D eigenvalue weighted by atomic mass is 31.2. The van der Waals surface area contributed by atoms with Crippen LogP contribution in [0, 0.1) is 0 Å². The molecule has 0 spiro atoms. The van der Waals surface area contributed by atoms with E-state index >= 15 is 0 Å². The Bertz CT molecular complexity index is 699. The molecule has 0 bridgehead atoms. The molecule has 27 heavy (non-hydrogen) atoms. The topological polar surface area (TPSA) is 146 Å². The largest absolute Gasteiger partial charge is 0.472 e. The Hall–Kier alpha value is -1.29. The average molecular weight is 405 g/mol. The van der Waals surface area contributed by atoms with Crippen LogP contribution in [0.3, 0.4) is 0 Å². The molecule has 0 amide bonds. The predicted octanol–water partition coefficient (Wildman–Crippen LogP) is 1.58. The molecule has 4 N–H and O–H groups in total. The lowest BCUT2D eigenvalue weighted by Gasteiger charge is -2.18. The molecular weight excluding hydrogens is 377 g/mol. The molecule has 154 valence electrons. The van der Waals surface area contributed by atoms with Crippen molar-refractivity contribution in [2.75, 3.05) is 18.9 Å². The van der Waals surface area contributed by atoms with Crippen LogP contribution in [0.25, 0.3) is 0 Å². The Labute approximate surface area is 157 Å². The highest BCUT2D eigenvalue weighted by Gasteiger charge is 2.37. The van der Waals surface area contributed by atoms with E-state index in [9.17, 15) is 19.4 Å². The van der Waals surface area contributed by atoms with Gasteiger partial charge in [-0.15, -0.1) is 0 Å². The van der Waals surface area contributed by atoms with Crippen LogP contribution >= 0.6 is 7.82 Å². The highest BCUT2D eigenvalue weighted by molar-refractivity contribution is 7.47. The van der Waals surface area contributed by atoms with Crippen molar-refractivity contribution < 1.29 is 28.3 Å². The number of nitrogens with two attached hydrogens (primary N) is 1. The van der Waals surface area contributed by atoms with Gasteiger partial charge in [-0.05, 0) is 12.5 Å². The number of hydrogen-bond acceptors (Lipinski definition) is 8. The number of hydrogen-bond donors (Lipinski definition) is 3. The highest BCUT2D eigenvalue weighted by Crippen LogP contribution is 2.44. The van der Waals surface area contributed by atoms with Crippen molar-refractivity contribution in [1.82, 2.24) is 9.55 Å². The second kappa shape index (κ2) is 10.3. The molecule has 0 saturated carbocycles. The third-order valence-electron chi connectivity index (χ3n) is 4.27. The molecule has 1 aliphatic rings. The SMILES string of the molecule is CCCCCCCOP(=O)(O)OC[C@H]1O[C@@H](n2ccc(N)nc2=O)CC1O. The van der Waals surface area contributed by atoms with Gasteiger partial charge in [0.15, 0.2) is 0 Å². The van der Waals surface area contributed by atoms with Crippen LogP contribution < -0.4 is 11.4 Å². The summed E-state index contributed by atoms with van der Waals surface area (Å²) in [6.07, 6.45) is 3.84. The summed E-state index contributed by atoms with van der Waals surface area (Å²) in [6, 6.07) is 1.44. The minimum Gasteiger partial charge on any atom is -0.390 e. The molecule has 1 aromatic heterocycles. The summed E-state index contributed by atoms with van der Waals surface area (Å²) in [7, 11) is -4.22. The van der Waals surface area contributed by atoms with Crippen LogP contribution in [0.1, 0.15) is 51.7 Å². The first-order valence-corrected chi connectivity index (χ1v) is 10.6. The fraction of sp³-hybridized carbons (Fsp3) is 0.750. The summed E-state index contributed by atoms with van der Waals surface area (Å²) in [5.41, 5.74) is 4.84. The standard InChI is InChI=1S/C16H28N3O7P/c1-2-3-4-5-6-9-24-27(22,23)25-11-13-12(20)10-15(26-13)19-8-7-14(17)18-16(19)21/h7-8,12-13,15,20H,2-6,9-11H2,1H3,(H,22,23)(H2,17,18,21)/t12?,13-,15-/m1/s1. The van der Waals surface area contributed by atoms with E-state index in [0.29, 0.717) is 6.42 Å². The minimum absolute atomic E-state index is 0.0859. The van der Waals surface area contributed by atoms with Gasteiger partial charge in [0, 0.05) is 12.6 Å². The van der Waals surface area contributed by atoms with Gasteiger partial charge < -0.3 is 20.5 Å². The number of rotatable bonds is 11. The van der Waals surface area contributed by atoms with Crippen LogP contribution in [-0.4, -0.2) is 45.0 Å². The van der Waals surface area contributed by atoms with E-state index in [-0.39, 0.29) is 25.5 Å². The Balaban J connectivity index is 1.78. The van der Waals surface area contributed by atoms with E-state index in [4.69, 9.17) is 19.5 Å². The van der Waals surface area contributed by atoms with Gasteiger partial charge in [0.05, 0.1) is 19.3 Å². The molecule has 2 heterocycles. The molecule has 0 aromatic carbocycles. The maximum atomic E-state index is 11.9. The van der Waals surface area contributed by atoms with Gasteiger partial charge in [0.25, 0.3) is 0 Å². The van der Waals surface area contributed by atoms with Crippen molar-refractivity contribution in [3.05, 3.63) is 22.7 Å². The number of aliphatic hydroxyl groups is 1. The number of nitrogens with zero attached hydrogens (tertiary/aromatic N) is 2. The van der Waals surface area contributed by atoms with Gasteiger partial charge in [-0.2, -0.15) is 4.98 Å². The van der Waals surface area contributed by atoms with E-state index < -0.39 is 31.9 Å². The number of phosphoric acid groups is 1. The summed E-state index contributed by atoms with van der Waals surface area (Å²) in [5, 5.41) is 10.1. The van der Waals surface area contributed by atoms with Crippen molar-refractivity contribution in [3.8, 4) is 0 Å². The van der Waals surface area contributed by atoms with E-state index in [1.165, 1.54) is 16.8 Å². The van der Waals surface area contributed by atoms with Gasteiger partial charge in [0.1, 0.15) is 18.1 Å². The number of aliphatic hydroxyl groups excluding tert-OH is 1. The van der Waals surface area contributed by atoms with Gasteiger partial charge in [-0.3, -0.25) is 13.6 Å². The zero-order valence-corrected chi connectivity index (χ0v) is 16.3. The zero-order chi connectivity index (χ0) is 19.9. The summed E-state index contributed by atoms with van der Waals surface area (Å²) < 4.78 is 28.5. The number of unbranched alkanes of at least 4 members (excludes halogenated alkanes) is 4. The molecule has 4 atom stereocenters. The molecule has 1 aromatic rings. The molecule has 0 aliphatic carbocycles. The van der Waals surface area contributed by atoms with Crippen LogP contribution in [0.4, 0.5) is 5.82 Å². The second-order valence-electron chi connectivity index (χ2n) is 6.49. The van der Waals surface area contributed by atoms with Gasteiger partial charge in [-0.1, -0.05) is 32.6 Å². The van der Waals surface area contributed by atoms with Crippen molar-refractivity contribution in [2.45, 2.75) is 63.9 Å². The summed E-state index contributed by atoms with van der Waals surface area (Å²) in [6.45, 7) is 1.90. The van der Waals surface area contributed by atoms with Gasteiger partial charge >= 0.3 is 13.5 Å². The fourth-order valence-corrected chi connectivity index (χ4v) is 3.54. The third kappa shape index (κ3) is 6.99. The molecule has 1 aliphatic heterocycles. The van der Waals surface area contributed by atoms with Crippen LogP contribution in [-0.2, 0) is 18.3 Å². The van der Waals surface area contributed by atoms with E-state index in [2.05, 4.69) is 11.9 Å². The van der Waals surface area contributed by atoms with Crippen LogP contribution in [0.5, 0.6) is 0 Å². The van der Waals surface area contributed by atoms with E-state index in [1.807, 2.05) is 0 Å². The molecular formula is C16H28N3O7P. The molecule has 11 heteroatoms. The van der Waals surface area contributed by atoms with Gasteiger partial charge in [-0.25, -0.2) is 9.36 Å². The fourth-order valence-electron chi connectivity index (χ4n) is 2.77. The number of ether oxygens (including phenoxy) is 1. The number of anilines is 1. The second-order valence-corrected chi connectivity index (χ2v) is 7.94. The number of nitrogen functional groups attached to an aromatic ring is 1. The lowest BCUT2D eigenvalue weighted by atomic mass is 10.2. The molecule has 1 fully saturated rings. The smallest absolute Gasteiger partial charge is 0.390 e. The number of aromatic nitrogens is 2. The number of phosphoric ester groups is 1. The van der Waals surface area contributed by atoms with E-state index in [0.717, 1.165) is 25.7 Å². The average Bonchev–Trinajstić information content (AvgIpc) is 2.97. The van der Waals surface area contributed by atoms with E-state index in [1.54, 1.807) is 0 Å². The van der Waals surface area contributed by atoms with Gasteiger partial charge in [0.2, 0.25) is 0 Å². The summed E-state index contributed by atoms with van der Waals surface area (Å²) >= 11 is 0. The predicted molar refractivity (Wildman–Crippen MR) is 97.9 cm³/mol. The molecule has 2 rings (SSSR count). The Morgan fingerprint density at radius 2 is 2.11 bits per heavy atom. The Morgan fingerprint density at radius 3 is 2.81 bits per heavy atom. The molecule has 1 saturated heterocycles. The molecule has 10 nitrogen and oxygen atoms in total. The first-order chi connectivity index (χ1) is 12.8. The van der Waals surface area contributed by atoms with Crippen LogP contribution in [0.15, 0.2) is 17.1 Å². The maximum Gasteiger partial charge on any atom is 0.472 e. The van der Waals surface area contributed by atoms with Crippen LogP contribution in [0.2, 0.25) is 0 Å². The lowest BCUT2D eigenvalue weighted by Crippen LogP contribution is -2.28. The monoisotopic (exact) mass is 405 g/mol. The molecule has 2 unspecified atom stereocenters. The summed E-state index contributed by atoms with van der Waals surface area (Å²) in [4.78, 5) is 25.2. The van der Waals surface area contributed by atoms with Crippen molar-refractivity contribution >= 4 is 13.6 Å². The van der Waals surface area contributed by atoms with Crippen molar-refractivity contribution in [2.24, 2.45) is 0 Å². The molecule has 0 radical (unpaired) electrons. The third-order valence-corrected chi connectivity index (χ3v) is 5.25. The Kier molecular flexibility index (Phi) is 8.40. The van der Waals surface area contributed by atoms with Crippen molar-refractivity contribution in [3.63, 3.8) is 0 Å². The zero-order valence-electron chi connectivity index (χ0n) is 15.4. The lowest BCUT2D eigenvalue weighted by molar-refractivity contribution is -0.0464. The normalized spacial score (nSPS) is 24.8. The first-order valence-electron chi connectivity index (χ1n) is 9.12. The Morgan fingerprint density at radius 1 is 1.37 bits per heavy atom. The maximum absolute atomic E-state index is 11.9. The van der Waals surface area contributed by atoms with Crippen molar-refractivity contribution in [1.29, 1.82) is 0 Å². The quantitative estimate of drug-likeness (QED) is 0.369. The minimum atomic E-state index is -4.22. The summed E-state index contributed by atoms with van der Waals surface area (Å²) in [5.74, 6) is 0.0859. The first kappa shape index (κ1) is 22.0.